The topological polar surface area (TPSA) is 87.7 Å². The molecule has 0 bridgehead atoms. The highest BCUT2D eigenvalue weighted by atomic mass is 79.9. The molecule has 1 atom stereocenters. The molecule has 0 saturated carbocycles. The maximum absolute atomic E-state index is 9.81. The molecular formula is C23H15BrN4O. The molecule has 0 unspecified atom stereocenters. The minimum Gasteiger partial charge on any atom is -0.420 e. The fourth-order valence-electron chi connectivity index (χ4n) is 3.80. The molecule has 1 aliphatic rings. The molecule has 1 aromatic heterocycles. The van der Waals surface area contributed by atoms with E-state index >= 15 is 0 Å². The van der Waals surface area contributed by atoms with Crippen LogP contribution in [0.15, 0.2) is 82.7 Å². The Labute approximate surface area is 175 Å². The maximum atomic E-state index is 9.81. The first-order valence-electron chi connectivity index (χ1n) is 9.06. The second kappa shape index (κ2) is 6.80. The average Bonchev–Trinajstić information content (AvgIpc) is 3.16. The number of nitrogens with one attached hydrogen (secondary N) is 1. The van der Waals surface area contributed by atoms with Crippen LogP contribution in [0.4, 0.5) is 0 Å². The summed E-state index contributed by atoms with van der Waals surface area (Å²) in [7, 11) is 0. The Balaban J connectivity index is 1.73. The molecule has 0 aliphatic carbocycles. The van der Waals surface area contributed by atoms with Crippen LogP contribution < -0.4 is 10.5 Å². The molecule has 1 aliphatic heterocycles. The molecule has 5 nitrogen and oxygen atoms in total. The summed E-state index contributed by atoms with van der Waals surface area (Å²) in [4.78, 5) is 0. The number of halogens is 1. The van der Waals surface area contributed by atoms with Crippen molar-refractivity contribution < 1.29 is 4.74 Å². The number of aromatic nitrogens is 2. The number of aromatic amines is 1. The van der Waals surface area contributed by atoms with Gasteiger partial charge in [0.05, 0.1) is 17.2 Å². The van der Waals surface area contributed by atoms with E-state index in [4.69, 9.17) is 10.5 Å². The molecule has 0 fully saturated rings. The number of H-pyrrole nitrogens is 1. The smallest absolute Gasteiger partial charge is 0.244 e. The van der Waals surface area contributed by atoms with Crippen molar-refractivity contribution in [3.63, 3.8) is 0 Å². The van der Waals surface area contributed by atoms with E-state index in [0.29, 0.717) is 11.5 Å². The zero-order valence-corrected chi connectivity index (χ0v) is 16.8. The van der Waals surface area contributed by atoms with E-state index in [-0.39, 0.29) is 11.8 Å². The predicted octanol–water partition coefficient (Wildman–Crippen LogP) is 5.21. The fraction of sp³-hybridized carbons (Fsp3) is 0.0435. The summed E-state index contributed by atoms with van der Waals surface area (Å²) in [5, 5.41) is 19.5. The first kappa shape index (κ1) is 17.5. The van der Waals surface area contributed by atoms with Gasteiger partial charge in [-0.3, -0.25) is 5.10 Å². The van der Waals surface area contributed by atoms with Gasteiger partial charge in [-0.2, -0.15) is 5.26 Å². The van der Waals surface area contributed by atoms with E-state index < -0.39 is 0 Å². The number of nitriles is 1. The van der Waals surface area contributed by atoms with Crippen molar-refractivity contribution in [2.24, 2.45) is 5.73 Å². The number of hydrogen-bond acceptors (Lipinski definition) is 4. The highest BCUT2D eigenvalue weighted by Gasteiger charge is 2.35. The molecular weight excluding hydrogens is 428 g/mol. The summed E-state index contributed by atoms with van der Waals surface area (Å²) in [5.41, 5.74) is 9.98. The zero-order chi connectivity index (χ0) is 20.0. The lowest BCUT2D eigenvalue weighted by molar-refractivity contribution is 0.379. The highest BCUT2D eigenvalue weighted by molar-refractivity contribution is 9.10. The largest absolute Gasteiger partial charge is 0.420 e. The van der Waals surface area contributed by atoms with Crippen molar-refractivity contribution in [3.05, 3.63) is 93.8 Å². The lowest BCUT2D eigenvalue weighted by atomic mass is 9.83. The molecule has 0 amide bonds. The standard InChI is InChI=1S/C23H15BrN4O/c24-17-9-7-14(8-10-17)19-18(12-25)22(26)29-23-20(19)21(27-28-23)16-6-5-13-3-1-2-4-15(13)11-16/h1-11,19H,26H2,(H,27,28)/t19-/m1/s1. The van der Waals surface area contributed by atoms with Crippen LogP contribution in [0.1, 0.15) is 17.0 Å². The lowest BCUT2D eigenvalue weighted by Gasteiger charge is -2.24. The van der Waals surface area contributed by atoms with Crippen molar-refractivity contribution in [1.29, 1.82) is 5.26 Å². The van der Waals surface area contributed by atoms with Crippen molar-refractivity contribution in [2.75, 3.05) is 0 Å². The number of fused-ring (bicyclic) bond motifs is 2. The minimum absolute atomic E-state index is 0.0875. The Hall–Kier alpha value is -3.56. The van der Waals surface area contributed by atoms with Crippen molar-refractivity contribution in [3.8, 4) is 23.2 Å². The van der Waals surface area contributed by atoms with Gasteiger partial charge in [0.15, 0.2) is 0 Å². The summed E-state index contributed by atoms with van der Waals surface area (Å²) in [5.74, 6) is 0.124. The quantitative estimate of drug-likeness (QED) is 0.445. The van der Waals surface area contributed by atoms with Crippen molar-refractivity contribution >= 4 is 26.7 Å². The Morgan fingerprint density at radius 1 is 1.03 bits per heavy atom. The van der Waals surface area contributed by atoms with Crippen LogP contribution in [0, 0.1) is 11.3 Å². The normalized spacial score (nSPS) is 15.7. The van der Waals surface area contributed by atoms with Gasteiger partial charge in [-0.25, -0.2) is 0 Å². The van der Waals surface area contributed by atoms with Crippen LogP contribution >= 0.6 is 15.9 Å². The minimum atomic E-state index is -0.364. The molecule has 6 heteroatoms. The maximum Gasteiger partial charge on any atom is 0.244 e. The molecule has 0 spiro atoms. The van der Waals surface area contributed by atoms with Gasteiger partial charge in [0, 0.05) is 10.0 Å². The van der Waals surface area contributed by atoms with Crippen LogP contribution in [0.2, 0.25) is 0 Å². The van der Waals surface area contributed by atoms with Crippen LogP contribution in [0.25, 0.3) is 22.0 Å². The predicted molar refractivity (Wildman–Crippen MR) is 115 cm³/mol. The molecule has 3 N–H and O–H groups in total. The molecule has 0 radical (unpaired) electrons. The second-order valence-electron chi connectivity index (χ2n) is 6.86. The summed E-state index contributed by atoms with van der Waals surface area (Å²) >= 11 is 3.47. The molecule has 3 aromatic carbocycles. The molecule has 5 rings (SSSR count). The molecule has 2 heterocycles. The van der Waals surface area contributed by atoms with Gasteiger partial charge in [0.25, 0.3) is 0 Å². The Morgan fingerprint density at radius 3 is 2.55 bits per heavy atom. The number of benzene rings is 3. The van der Waals surface area contributed by atoms with E-state index in [1.807, 2.05) is 42.5 Å². The Kier molecular flexibility index (Phi) is 4.11. The van der Waals surface area contributed by atoms with Gasteiger partial charge in [-0.15, -0.1) is 5.10 Å². The van der Waals surface area contributed by atoms with Gasteiger partial charge in [-0.05, 0) is 34.5 Å². The van der Waals surface area contributed by atoms with Gasteiger partial charge >= 0.3 is 0 Å². The number of hydrogen-bond donors (Lipinski definition) is 2. The van der Waals surface area contributed by atoms with E-state index in [0.717, 1.165) is 37.6 Å². The van der Waals surface area contributed by atoms with Gasteiger partial charge < -0.3 is 10.5 Å². The van der Waals surface area contributed by atoms with E-state index in [1.54, 1.807) is 0 Å². The molecule has 29 heavy (non-hydrogen) atoms. The van der Waals surface area contributed by atoms with Gasteiger partial charge in [-0.1, -0.05) is 64.5 Å². The van der Waals surface area contributed by atoms with E-state index in [1.165, 1.54) is 0 Å². The highest BCUT2D eigenvalue weighted by Crippen LogP contribution is 2.46. The van der Waals surface area contributed by atoms with Crippen molar-refractivity contribution in [2.45, 2.75) is 5.92 Å². The van der Waals surface area contributed by atoms with Crippen LogP contribution in [0.3, 0.4) is 0 Å². The third-order valence-electron chi connectivity index (χ3n) is 5.18. The van der Waals surface area contributed by atoms with E-state index in [9.17, 15) is 5.26 Å². The van der Waals surface area contributed by atoms with Gasteiger partial charge in [0.1, 0.15) is 11.6 Å². The Morgan fingerprint density at radius 2 is 1.79 bits per heavy atom. The number of nitrogens with two attached hydrogens (primary N) is 1. The number of allylic oxidation sites excluding steroid dienone is 1. The third kappa shape index (κ3) is 2.87. The van der Waals surface area contributed by atoms with E-state index in [2.05, 4.69) is 56.5 Å². The first-order valence-corrected chi connectivity index (χ1v) is 9.85. The first-order chi connectivity index (χ1) is 14.2. The number of ether oxygens (including phenoxy) is 1. The third-order valence-corrected chi connectivity index (χ3v) is 5.71. The van der Waals surface area contributed by atoms with Gasteiger partial charge in [0.2, 0.25) is 11.8 Å². The zero-order valence-electron chi connectivity index (χ0n) is 15.2. The number of nitrogens with zero attached hydrogens (tertiary/aromatic N) is 2. The summed E-state index contributed by atoms with van der Waals surface area (Å²) in [6.45, 7) is 0. The summed E-state index contributed by atoms with van der Waals surface area (Å²) in [6, 6.07) is 24.5. The monoisotopic (exact) mass is 442 g/mol. The molecule has 140 valence electrons. The average molecular weight is 443 g/mol. The van der Waals surface area contributed by atoms with Crippen molar-refractivity contribution in [1.82, 2.24) is 10.2 Å². The van der Waals surface area contributed by atoms with Crippen LogP contribution in [0.5, 0.6) is 5.88 Å². The summed E-state index contributed by atoms with van der Waals surface area (Å²) in [6.07, 6.45) is 0. The second-order valence-corrected chi connectivity index (χ2v) is 7.77. The fourth-order valence-corrected chi connectivity index (χ4v) is 4.06. The van der Waals surface area contributed by atoms with Crippen LogP contribution in [-0.4, -0.2) is 10.2 Å². The molecule has 0 saturated heterocycles. The van der Waals surface area contributed by atoms with Crippen LogP contribution in [-0.2, 0) is 0 Å². The Bertz CT molecular complexity index is 1310. The summed E-state index contributed by atoms with van der Waals surface area (Å²) < 4.78 is 6.65. The SMILES string of the molecule is N#CC1=C(N)Oc2n[nH]c(-c3ccc4ccccc4c3)c2[C@@H]1c1ccc(Br)cc1. The lowest BCUT2D eigenvalue weighted by Crippen LogP contribution is -2.20. The number of rotatable bonds is 2. The molecule has 4 aromatic rings.